The van der Waals surface area contributed by atoms with Crippen molar-refractivity contribution in [2.24, 2.45) is 0 Å². The van der Waals surface area contributed by atoms with Gasteiger partial charge in [-0.15, -0.1) is 0 Å². The zero-order valence-corrected chi connectivity index (χ0v) is 16.5. The molecule has 0 heterocycles. The first-order valence-corrected chi connectivity index (χ1v) is 9.79. The van der Waals surface area contributed by atoms with Crippen molar-refractivity contribution in [3.63, 3.8) is 0 Å². The van der Waals surface area contributed by atoms with E-state index in [4.69, 9.17) is 16.3 Å². The molecule has 4 aromatic rings. The Kier molecular flexibility index (Phi) is 5.78. The number of halogens is 1. The van der Waals surface area contributed by atoms with Crippen LogP contribution < -0.4 is 10.1 Å². The first-order valence-electron chi connectivity index (χ1n) is 9.41. The average Bonchev–Trinajstić information content (AvgIpc) is 2.75. The fourth-order valence-electron chi connectivity index (χ4n) is 3.21. The summed E-state index contributed by atoms with van der Waals surface area (Å²) in [5.41, 5.74) is 2.81. The highest BCUT2D eigenvalue weighted by Crippen LogP contribution is 2.21. The van der Waals surface area contributed by atoms with Crippen molar-refractivity contribution in [1.82, 2.24) is 0 Å². The largest absolute Gasteiger partial charge is 0.489 e. The highest BCUT2D eigenvalue weighted by atomic mass is 35.5. The average molecular weight is 402 g/mol. The van der Waals surface area contributed by atoms with Crippen molar-refractivity contribution in [3.8, 4) is 5.75 Å². The second kappa shape index (κ2) is 8.80. The highest BCUT2D eigenvalue weighted by Gasteiger charge is 2.07. The van der Waals surface area contributed by atoms with Gasteiger partial charge in [-0.3, -0.25) is 4.79 Å². The molecule has 0 bridgehead atoms. The number of hydrogen-bond acceptors (Lipinski definition) is 2. The zero-order valence-electron chi connectivity index (χ0n) is 15.8. The van der Waals surface area contributed by atoms with Crippen LogP contribution in [0.3, 0.4) is 0 Å². The van der Waals surface area contributed by atoms with Crippen molar-refractivity contribution in [2.75, 3.05) is 5.32 Å². The summed E-state index contributed by atoms with van der Waals surface area (Å²) in [6, 6.07) is 29.1. The summed E-state index contributed by atoms with van der Waals surface area (Å²) >= 11 is 5.89. The Morgan fingerprint density at radius 2 is 1.55 bits per heavy atom. The van der Waals surface area contributed by atoms with Gasteiger partial charge in [0, 0.05) is 10.7 Å². The number of rotatable bonds is 6. The molecule has 4 rings (SSSR count). The lowest BCUT2D eigenvalue weighted by Crippen LogP contribution is -2.14. The van der Waals surface area contributed by atoms with Crippen LogP contribution in [0.15, 0.2) is 91.0 Å². The van der Waals surface area contributed by atoms with Crippen molar-refractivity contribution in [1.29, 1.82) is 0 Å². The molecule has 29 heavy (non-hydrogen) atoms. The summed E-state index contributed by atoms with van der Waals surface area (Å²) in [6.45, 7) is 0.462. The molecule has 0 fully saturated rings. The number of nitrogens with one attached hydrogen (secondary N) is 1. The van der Waals surface area contributed by atoms with Gasteiger partial charge < -0.3 is 10.1 Å². The van der Waals surface area contributed by atoms with Crippen LogP contribution in [0.25, 0.3) is 10.8 Å². The van der Waals surface area contributed by atoms with E-state index in [1.807, 2.05) is 78.9 Å². The van der Waals surface area contributed by atoms with E-state index in [-0.39, 0.29) is 5.91 Å². The van der Waals surface area contributed by atoms with Crippen LogP contribution in [-0.2, 0) is 17.8 Å². The van der Waals surface area contributed by atoms with Gasteiger partial charge in [0.25, 0.3) is 0 Å². The quantitative estimate of drug-likeness (QED) is 0.414. The minimum Gasteiger partial charge on any atom is -0.489 e. The zero-order chi connectivity index (χ0) is 20.1. The summed E-state index contributed by atoms with van der Waals surface area (Å²) in [6.07, 6.45) is 0.330. The second-order valence-electron chi connectivity index (χ2n) is 6.80. The molecule has 0 radical (unpaired) electrons. The van der Waals surface area contributed by atoms with Crippen LogP contribution in [-0.4, -0.2) is 5.91 Å². The molecule has 0 spiro atoms. The van der Waals surface area contributed by atoms with E-state index >= 15 is 0 Å². The lowest BCUT2D eigenvalue weighted by molar-refractivity contribution is -0.115. The molecule has 0 unspecified atom stereocenters. The summed E-state index contributed by atoms with van der Waals surface area (Å²) in [4.78, 5) is 12.5. The maximum atomic E-state index is 12.5. The van der Waals surface area contributed by atoms with Crippen LogP contribution in [0.5, 0.6) is 5.75 Å². The standard InChI is InChI=1S/C25H20ClNO2/c26-21-10-8-18(9-11-21)17-29-23-14-12-22(13-15-23)27-25(28)16-20-6-3-5-19-4-1-2-7-24(19)20/h1-15H,16-17H2,(H,27,28). The van der Waals surface area contributed by atoms with Crippen molar-refractivity contribution in [2.45, 2.75) is 13.0 Å². The van der Waals surface area contributed by atoms with Gasteiger partial charge in [0.15, 0.2) is 0 Å². The van der Waals surface area contributed by atoms with E-state index in [0.29, 0.717) is 18.1 Å². The van der Waals surface area contributed by atoms with Crippen LogP contribution in [0.2, 0.25) is 5.02 Å². The monoisotopic (exact) mass is 401 g/mol. The molecule has 4 heteroatoms. The topological polar surface area (TPSA) is 38.3 Å². The van der Waals surface area contributed by atoms with E-state index in [2.05, 4.69) is 17.4 Å². The molecule has 0 saturated heterocycles. The number of amides is 1. The molecule has 0 aliphatic rings. The summed E-state index contributed by atoms with van der Waals surface area (Å²) < 4.78 is 5.78. The Bertz CT molecular complexity index is 1120. The lowest BCUT2D eigenvalue weighted by Gasteiger charge is -2.10. The molecule has 4 aromatic carbocycles. The number of carbonyl (C=O) groups is 1. The third-order valence-corrected chi connectivity index (χ3v) is 4.94. The molecule has 3 nitrogen and oxygen atoms in total. The number of hydrogen-bond donors (Lipinski definition) is 1. The van der Waals surface area contributed by atoms with E-state index in [1.54, 1.807) is 0 Å². The SMILES string of the molecule is O=C(Cc1cccc2ccccc12)Nc1ccc(OCc2ccc(Cl)cc2)cc1. The number of carbonyl (C=O) groups excluding carboxylic acids is 1. The van der Waals surface area contributed by atoms with E-state index in [9.17, 15) is 4.79 Å². The van der Waals surface area contributed by atoms with Gasteiger partial charge in [0.05, 0.1) is 6.42 Å². The molecular formula is C25H20ClNO2. The van der Waals surface area contributed by atoms with Crippen LogP contribution in [0, 0.1) is 0 Å². The maximum Gasteiger partial charge on any atom is 0.228 e. The van der Waals surface area contributed by atoms with Crippen LogP contribution in [0.1, 0.15) is 11.1 Å². The van der Waals surface area contributed by atoms with Gasteiger partial charge in [0.1, 0.15) is 12.4 Å². The summed E-state index contributed by atoms with van der Waals surface area (Å²) in [5, 5.41) is 5.91. The van der Waals surface area contributed by atoms with Gasteiger partial charge in [-0.2, -0.15) is 0 Å². The highest BCUT2D eigenvalue weighted by molar-refractivity contribution is 6.30. The Hall–Kier alpha value is -3.30. The number of fused-ring (bicyclic) bond motifs is 1. The fourth-order valence-corrected chi connectivity index (χ4v) is 3.33. The molecule has 0 saturated carbocycles. The molecule has 0 aromatic heterocycles. The third kappa shape index (κ3) is 4.95. The first kappa shape index (κ1) is 19.0. The Labute approximate surface area is 174 Å². The second-order valence-corrected chi connectivity index (χ2v) is 7.24. The summed E-state index contributed by atoms with van der Waals surface area (Å²) in [5.74, 6) is 0.697. The van der Waals surface area contributed by atoms with E-state index in [0.717, 1.165) is 33.3 Å². The predicted molar refractivity (Wildman–Crippen MR) is 119 cm³/mol. The Balaban J connectivity index is 1.35. The minimum atomic E-state index is -0.0452. The lowest BCUT2D eigenvalue weighted by atomic mass is 10.0. The molecule has 1 N–H and O–H groups in total. The Morgan fingerprint density at radius 1 is 0.828 bits per heavy atom. The smallest absolute Gasteiger partial charge is 0.228 e. The molecule has 0 aliphatic heterocycles. The van der Waals surface area contributed by atoms with Gasteiger partial charge in [0.2, 0.25) is 5.91 Å². The first-order chi connectivity index (χ1) is 14.2. The van der Waals surface area contributed by atoms with Crippen LogP contribution >= 0.6 is 11.6 Å². The number of anilines is 1. The Morgan fingerprint density at radius 3 is 2.34 bits per heavy atom. The van der Waals surface area contributed by atoms with Gasteiger partial charge in [-0.05, 0) is 58.3 Å². The summed E-state index contributed by atoms with van der Waals surface area (Å²) in [7, 11) is 0. The van der Waals surface area contributed by atoms with Gasteiger partial charge >= 0.3 is 0 Å². The molecule has 0 atom stereocenters. The number of ether oxygens (including phenoxy) is 1. The van der Waals surface area contributed by atoms with Crippen molar-refractivity contribution >= 4 is 34.0 Å². The van der Waals surface area contributed by atoms with Gasteiger partial charge in [-0.25, -0.2) is 0 Å². The minimum absolute atomic E-state index is 0.0452. The van der Waals surface area contributed by atoms with Gasteiger partial charge in [-0.1, -0.05) is 66.2 Å². The maximum absolute atomic E-state index is 12.5. The third-order valence-electron chi connectivity index (χ3n) is 4.69. The van der Waals surface area contributed by atoms with Crippen LogP contribution in [0.4, 0.5) is 5.69 Å². The molecule has 0 aliphatic carbocycles. The normalized spacial score (nSPS) is 10.7. The number of benzene rings is 4. The van der Waals surface area contributed by atoms with Crippen molar-refractivity contribution in [3.05, 3.63) is 107 Å². The van der Waals surface area contributed by atoms with E-state index < -0.39 is 0 Å². The fraction of sp³-hybridized carbons (Fsp3) is 0.0800. The molecular weight excluding hydrogens is 382 g/mol. The molecule has 1 amide bonds. The van der Waals surface area contributed by atoms with E-state index in [1.165, 1.54) is 0 Å². The predicted octanol–water partition coefficient (Wildman–Crippen LogP) is 6.25. The van der Waals surface area contributed by atoms with Crippen molar-refractivity contribution < 1.29 is 9.53 Å². The molecule has 144 valence electrons.